The minimum absolute atomic E-state index is 0.693. The Labute approximate surface area is 85.3 Å². The fraction of sp³-hybridized carbons (Fsp3) is 0.700. The van der Waals surface area contributed by atoms with Gasteiger partial charge in [-0.3, -0.25) is 0 Å². The summed E-state index contributed by atoms with van der Waals surface area (Å²) in [6, 6.07) is 1.94. The smallest absolute Gasteiger partial charge is 0.211 e. The number of aromatic nitrogens is 2. The Kier molecular flexibility index (Phi) is 4.46. The normalized spacial score (nSPS) is 10.5. The molecule has 0 aliphatic carbocycles. The standard InChI is InChI=1S/C10H19N3O/c1-4-5-11-6-7-14-10-8-9(2)12-13(10)3/h8,11H,4-7H2,1-3H3. The lowest BCUT2D eigenvalue weighted by Crippen LogP contribution is -2.22. The molecule has 14 heavy (non-hydrogen) atoms. The molecular formula is C10H19N3O. The maximum Gasteiger partial charge on any atom is 0.211 e. The van der Waals surface area contributed by atoms with Gasteiger partial charge in [0, 0.05) is 19.7 Å². The highest BCUT2D eigenvalue weighted by Crippen LogP contribution is 2.10. The zero-order chi connectivity index (χ0) is 10.4. The molecule has 80 valence electrons. The van der Waals surface area contributed by atoms with Gasteiger partial charge in [0.15, 0.2) is 0 Å². The molecule has 0 radical (unpaired) electrons. The molecule has 0 fully saturated rings. The van der Waals surface area contributed by atoms with Crippen LogP contribution in [0.1, 0.15) is 19.0 Å². The summed E-state index contributed by atoms with van der Waals surface area (Å²) in [5, 5.41) is 7.47. The van der Waals surface area contributed by atoms with Crippen LogP contribution in [0.4, 0.5) is 0 Å². The molecule has 1 N–H and O–H groups in total. The van der Waals surface area contributed by atoms with Crippen molar-refractivity contribution in [2.24, 2.45) is 7.05 Å². The third-order valence-corrected chi connectivity index (χ3v) is 1.91. The Morgan fingerprint density at radius 1 is 1.50 bits per heavy atom. The van der Waals surface area contributed by atoms with Gasteiger partial charge < -0.3 is 10.1 Å². The molecule has 0 spiro atoms. The molecule has 0 amide bonds. The molecule has 4 nitrogen and oxygen atoms in total. The van der Waals surface area contributed by atoms with Crippen molar-refractivity contribution in [1.29, 1.82) is 0 Å². The van der Waals surface area contributed by atoms with E-state index in [9.17, 15) is 0 Å². The Morgan fingerprint density at radius 3 is 2.86 bits per heavy atom. The predicted octanol–water partition coefficient (Wildman–Crippen LogP) is 1.11. The van der Waals surface area contributed by atoms with E-state index in [-0.39, 0.29) is 0 Å². The van der Waals surface area contributed by atoms with Crippen molar-refractivity contribution in [2.45, 2.75) is 20.3 Å². The molecule has 1 heterocycles. The highest BCUT2D eigenvalue weighted by molar-refractivity contribution is 5.14. The van der Waals surface area contributed by atoms with Gasteiger partial charge in [0.2, 0.25) is 5.88 Å². The second-order valence-electron chi connectivity index (χ2n) is 3.35. The fourth-order valence-corrected chi connectivity index (χ4v) is 1.25. The van der Waals surface area contributed by atoms with Gasteiger partial charge in [0.1, 0.15) is 6.61 Å². The molecule has 4 heteroatoms. The maximum atomic E-state index is 5.54. The third kappa shape index (κ3) is 3.38. The molecule has 0 saturated carbocycles. The van der Waals surface area contributed by atoms with Crippen LogP contribution in [0.5, 0.6) is 5.88 Å². The van der Waals surface area contributed by atoms with E-state index in [1.54, 1.807) is 4.68 Å². The van der Waals surface area contributed by atoms with E-state index in [1.165, 1.54) is 0 Å². The van der Waals surface area contributed by atoms with Crippen molar-refractivity contribution in [3.63, 3.8) is 0 Å². The summed E-state index contributed by atoms with van der Waals surface area (Å²) < 4.78 is 7.30. The molecule has 0 aliphatic rings. The zero-order valence-electron chi connectivity index (χ0n) is 9.21. The average Bonchev–Trinajstić information content (AvgIpc) is 2.45. The molecule has 0 atom stereocenters. The van der Waals surface area contributed by atoms with E-state index in [2.05, 4.69) is 17.3 Å². The van der Waals surface area contributed by atoms with Crippen LogP contribution in [0, 0.1) is 6.92 Å². The molecule has 0 bridgehead atoms. The molecule has 0 unspecified atom stereocenters. The van der Waals surface area contributed by atoms with E-state index in [1.807, 2.05) is 20.0 Å². The molecule has 1 rings (SSSR count). The number of nitrogens with one attached hydrogen (secondary N) is 1. The van der Waals surface area contributed by atoms with Crippen LogP contribution >= 0.6 is 0 Å². The van der Waals surface area contributed by atoms with Crippen molar-refractivity contribution in [3.8, 4) is 5.88 Å². The van der Waals surface area contributed by atoms with E-state index in [0.29, 0.717) is 6.61 Å². The van der Waals surface area contributed by atoms with Crippen LogP contribution in [-0.2, 0) is 7.05 Å². The lowest BCUT2D eigenvalue weighted by molar-refractivity contribution is 0.288. The summed E-state index contributed by atoms with van der Waals surface area (Å²) in [6.07, 6.45) is 1.16. The second kappa shape index (κ2) is 5.65. The zero-order valence-corrected chi connectivity index (χ0v) is 9.21. The number of hydrogen-bond acceptors (Lipinski definition) is 3. The van der Waals surface area contributed by atoms with Gasteiger partial charge in [-0.1, -0.05) is 6.92 Å². The fourth-order valence-electron chi connectivity index (χ4n) is 1.25. The van der Waals surface area contributed by atoms with Gasteiger partial charge in [-0.2, -0.15) is 5.10 Å². The summed E-state index contributed by atoms with van der Waals surface area (Å²) in [5.74, 6) is 0.834. The average molecular weight is 197 g/mol. The summed E-state index contributed by atoms with van der Waals surface area (Å²) in [7, 11) is 1.89. The number of ether oxygens (including phenoxy) is 1. The lowest BCUT2D eigenvalue weighted by atomic mass is 10.5. The lowest BCUT2D eigenvalue weighted by Gasteiger charge is -2.06. The van der Waals surface area contributed by atoms with Gasteiger partial charge in [0.25, 0.3) is 0 Å². The van der Waals surface area contributed by atoms with Gasteiger partial charge in [-0.25, -0.2) is 4.68 Å². The molecule has 0 aromatic carbocycles. The Morgan fingerprint density at radius 2 is 2.29 bits per heavy atom. The molecular weight excluding hydrogens is 178 g/mol. The number of rotatable bonds is 6. The molecule has 1 aromatic heterocycles. The van der Waals surface area contributed by atoms with Crippen molar-refractivity contribution in [2.75, 3.05) is 19.7 Å². The van der Waals surface area contributed by atoms with Crippen LogP contribution in [-0.4, -0.2) is 29.5 Å². The highest BCUT2D eigenvalue weighted by Gasteiger charge is 2.01. The molecule has 1 aromatic rings. The Bertz CT molecular complexity index is 270. The van der Waals surface area contributed by atoms with Crippen LogP contribution in [0.15, 0.2) is 6.07 Å². The van der Waals surface area contributed by atoms with Gasteiger partial charge in [-0.15, -0.1) is 0 Å². The monoisotopic (exact) mass is 197 g/mol. The van der Waals surface area contributed by atoms with Gasteiger partial charge in [0.05, 0.1) is 5.69 Å². The summed E-state index contributed by atoms with van der Waals surface area (Å²) in [5.41, 5.74) is 0.990. The minimum atomic E-state index is 0.693. The van der Waals surface area contributed by atoms with Gasteiger partial charge in [-0.05, 0) is 19.9 Å². The number of aryl methyl sites for hydroxylation is 2. The van der Waals surface area contributed by atoms with Crippen molar-refractivity contribution >= 4 is 0 Å². The first kappa shape index (κ1) is 11.0. The van der Waals surface area contributed by atoms with Crippen LogP contribution < -0.4 is 10.1 Å². The van der Waals surface area contributed by atoms with Crippen molar-refractivity contribution < 1.29 is 4.74 Å². The van der Waals surface area contributed by atoms with E-state index in [0.717, 1.165) is 31.1 Å². The molecule has 0 saturated heterocycles. The van der Waals surface area contributed by atoms with Crippen molar-refractivity contribution in [3.05, 3.63) is 11.8 Å². The third-order valence-electron chi connectivity index (χ3n) is 1.91. The largest absolute Gasteiger partial charge is 0.476 e. The van der Waals surface area contributed by atoms with Crippen molar-refractivity contribution in [1.82, 2.24) is 15.1 Å². The first-order chi connectivity index (χ1) is 6.74. The van der Waals surface area contributed by atoms with Crippen LogP contribution in [0.25, 0.3) is 0 Å². The Balaban J connectivity index is 2.21. The summed E-state index contributed by atoms with van der Waals surface area (Å²) in [4.78, 5) is 0. The second-order valence-corrected chi connectivity index (χ2v) is 3.35. The quantitative estimate of drug-likeness (QED) is 0.694. The first-order valence-electron chi connectivity index (χ1n) is 5.08. The van der Waals surface area contributed by atoms with E-state index < -0.39 is 0 Å². The highest BCUT2D eigenvalue weighted by atomic mass is 16.5. The molecule has 0 aliphatic heterocycles. The predicted molar refractivity (Wildman–Crippen MR) is 56.6 cm³/mol. The first-order valence-corrected chi connectivity index (χ1v) is 5.08. The topological polar surface area (TPSA) is 39.1 Å². The summed E-state index contributed by atoms with van der Waals surface area (Å²) in [6.45, 7) is 6.74. The van der Waals surface area contributed by atoms with Gasteiger partial charge >= 0.3 is 0 Å². The summed E-state index contributed by atoms with van der Waals surface area (Å²) >= 11 is 0. The van der Waals surface area contributed by atoms with Crippen LogP contribution in [0.2, 0.25) is 0 Å². The maximum absolute atomic E-state index is 5.54. The number of hydrogen-bond donors (Lipinski definition) is 1. The SMILES string of the molecule is CCCNCCOc1cc(C)nn1C. The van der Waals surface area contributed by atoms with E-state index >= 15 is 0 Å². The minimum Gasteiger partial charge on any atom is -0.476 e. The number of nitrogens with zero attached hydrogens (tertiary/aromatic N) is 2. The van der Waals surface area contributed by atoms with Crippen LogP contribution in [0.3, 0.4) is 0 Å². The Hall–Kier alpha value is -1.03. The van der Waals surface area contributed by atoms with E-state index in [4.69, 9.17) is 4.74 Å².